The van der Waals surface area contributed by atoms with E-state index in [-0.39, 0.29) is 11.5 Å². The molecule has 1 aliphatic carbocycles. The molecule has 2 rings (SSSR count). The topological polar surface area (TPSA) is 35.2 Å². The van der Waals surface area contributed by atoms with Gasteiger partial charge in [-0.3, -0.25) is 0 Å². The minimum absolute atomic E-state index is 0.0860. The Hall–Kier alpha value is -0.730. The van der Waals surface area contributed by atoms with Gasteiger partial charge in [-0.15, -0.1) is 0 Å². The van der Waals surface area contributed by atoms with Crippen LogP contribution in [-0.4, -0.2) is 13.2 Å². The van der Waals surface area contributed by atoms with E-state index >= 15 is 0 Å². The van der Waals surface area contributed by atoms with Crippen LogP contribution in [0.1, 0.15) is 30.9 Å². The van der Waals surface area contributed by atoms with Crippen molar-refractivity contribution in [2.75, 3.05) is 7.11 Å². The van der Waals surface area contributed by atoms with E-state index in [1.165, 1.54) is 5.56 Å². The van der Waals surface area contributed by atoms with Gasteiger partial charge in [-0.25, -0.2) is 0 Å². The van der Waals surface area contributed by atoms with Crippen molar-refractivity contribution < 1.29 is 4.74 Å². The van der Waals surface area contributed by atoms with Crippen LogP contribution in [0.3, 0.4) is 0 Å². The molecule has 2 nitrogen and oxygen atoms in total. The van der Waals surface area contributed by atoms with Gasteiger partial charge in [-0.2, -0.15) is 0 Å². The fourth-order valence-electron chi connectivity index (χ4n) is 2.35. The van der Waals surface area contributed by atoms with Crippen molar-refractivity contribution in [1.82, 2.24) is 0 Å². The Morgan fingerprint density at radius 3 is 2.50 bits per heavy atom. The fourth-order valence-corrected chi connectivity index (χ4v) is 2.59. The van der Waals surface area contributed by atoms with Crippen LogP contribution in [0.25, 0.3) is 0 Å². The van der Waals surface area contributed by atoms with Crippen LogP contribution < -0.4 is 10.5 Å². The number of halogens is 1. The molecular formula is C13H18ClNO. The average molecular weight is 240 g/mol. The van der Waals surface area contributed by atoms with Crippen LogP contribution in [-0.2, 0) is 5.41 Å². The van der Waals surface area contributed by atoms with E-state index in [1.54, 1.807) is 7.11 Å². The molecule has 0 aliphatic heterocycles. The Bertz CT molecular complexity index is 411. The van der Waals surface area contributed by atoms with Crippen LogP contribution in [0, 0.1) is 6.92 Å². The third-order valence-electron chi connectivity index (χ3n) is 3.69. The predicted octanol–water partition coefficient (Wildman–Crippen LogP) is 3.04. The summed E-state index contributed by atoms with van der Waals surface area (Å²) in [7, 11) is 1.67. The summed E-state index contributed by atoms with van der Waals surface area (Å²) in [4.78, 5) is 0. The van der Waals surface area contributed by atoms with Gasteiger partial charge in [0.15, 0.2) is 0 Å². The van der Waals surface area contributed by atoms with Crippen LogP contribution in [0.2, 0.25) is 5.02 Å². The minimum Gasteiger partial charge on any atom is -0.495 e. The molecule has 0 radical (unpaired) electrons. The van der Waals surface area contributed by atoms with E-state index in [0.717, 1.165) is 24.2 Å². The van der Waals surface area contributed by atoms with Gasteiger partial charge in [0.1, 0.15) is 5.75 Å². The van der Waals surface area contributed by atoms with Crippen molar-refractivity contribution in [2.24, 2.45) is 5.73 Å². The first-order chi connectivity index (χ1) is 7.53. The van der Waals surface area contributed by atoms with Gasteiger partial charge in [0.05, 0.1) is 12.1 Å². The molecular weight excluding hydrogens is 222 g/mol. The number of rotatable bonds is 3. The third-order valence-corrected chi connectivity index (χ3v) is 4.16. The lowest BCUT2D eigenvalue weighted by Crippen LogP contribution is -2.32. The summed E-state index contributed by atoms with van der Waals surface area (Å²) < 4.78 is 5.45. The molecule has 0 saturated heterocycles. The number of methoxy groups -OCH3 is 1. The Kier molecular flexibility index (Phi) is 2.89. The molecule has 0 heterocycles. The molecule has 88 valence electrons. The van der Waals surface area contributed by atoms with E-state index in [0.29, 0.717) is 5.02 Å². The molecule has 0 bridgehead atoms. The average Bonchev–Trinajstić information content (AvgIpc) is 3.02. The Morgan fingerprint density at radius 1 is 1.44 bits per heavy atom. The molecule has 0 amide bonds. The molecule has 3 heteroatoms. The van der Waals surface area contributed by atoms with Gasteiger partial charge in [0, 0.05) is 17.0 Å². The van der Waals surface area contributed by atoms with Crippen molar-refractivity contribution in [3.63, 3.8) is 0 Å². The second kappa shape index (κ2) is 3.94. The third kappa shape index (κ3) is 1.61. The maximum Gasteiger partial charge on any atom is 0.141 e. The molecule has 1 saturated carbocycles. The second-order valence-corrected chi connectivity index (χ2v) is 5.10. The normalized spacial score (nSPS) is 19.3. The molecule has 1 fully saturated rings. The van der Waals surface area contributed by atoms with Gasteiger partial charge < -0.3 is 10.5 Å². The highest BCUT2D eigenvalue weighted by molar-refractivity contribution is 6.33. The Morgan fingerprint density at radius 2 is 2.06 bits per heavy atom. The van der Waals surface area contributed by atoms with E-state index in [1.807, 2.05) is 13.0 Å². The Labute approximate surface area is 102 Å². The van der Waals surface area contributed by atoms with Crippen LogP contribution in [0.15, 0.2) is 12.1 Å². The monoisotopic (exact) mass is 239 g/mol. The van der Waals surface area contributed by atoms with Crippen LogP contribution in [0.5, 0.6) is 5.75 Å². The zero-order chi connectivity index (χ0) is 11.9. The first kappa shape index (κ1) is 11.7. The summed E-state index contributed by atoms with van der Waals surface area (Å²) in [5.74, 6) is 0.802. The van der Waals surface area contributed by atoms with Gasteiger partial charge in [-0.1, -0.05) is 23.7 Å². The predicted molar refractivity (Wildman–Crippen MR) is 67.3 cm³/mol. The lowest BCUT2D eigenvalue weighted by atomic mass is 9.88. The standard InChI is InChI=1S/C13H18ClNO/c1-8-4-5-10(12(16-3)11(8)14)13(6-7-13)9(2)15/h4-5,9H,6-7,15H2,1-3H3. The van der Waals surface area contributed by atoms with Gasteiger partial charge in [-0.05, 0) is 32.3 Å². The molecule has 1 aromatic carbocycles. The van der Waals surface area contributed by atoms with Crippen LogP contribution >= 0.6 is 11.6 Å². The van der Waals surface area contributed by atoms with Crippen molar-refractivity contribution in [3.8, 4) is 5.75 Å². The summed E-state index contributed by atoms with van der Waals surface area (Å²) >= 11 is 6.27. The summed E-state index contributed by atoms with van der Waals surface area (Å²) in [6, 6.07) is 4.29. The van der Waals surface area contributed by atoms with E-state index in [4.69, 9.17) is 22.1 Å². The molecule has 1 atom stereocenters. The number of ether oxygens (including phenoxy) is 1. The number of hydrogen-bond acceptors (Lipinski definition) is 2. The maximum absolute atomic E-state index is 6.27. The van der Waals surface area contributed by atoms with Gasteiger partial charge >= 0.3 is 0 Å². The molecule has 1 unspecified atom stereocenters. The summed E-state index contributed by atoms with van der Waals surface area (Å²) in [6.07, 6.45) is 2.25. The molecule has 16 heavy (non-hydrogen) atoms. The number of hydrogen-bond donors (Lipinski definition) is 1. The van der Waals surface area contributed by atoms with Crippen molar-refractivity contribution in [3.05, 3.63) is 28.3 Å². The highest BCUT2D eigenvalue weighted by Crippen LogP contribution is 2.54. The molecule has 2 N–H and O–H groups in total. The smallest absolute Gasteiger partial charge is 0.141 e. The summed E-state index contributed by atoms with van der Waals surface area (Å²) in [6.45, 7) is 4.04. The van der Waals surface area contributed by atoms with E-state index < -0.39 is 0 Å². The molecule has 0 spiro atoms. The SMILES string of the molecule is COc1c(C2(C(C)N)CC2)ccc(C)c1Cl. The van der Waals surface area contributed by atoms with Gasteiger partial charge in [0.2, 0.25) is 0 Å². The second-order valence-electron chi connectivity index (χ2n) is 4.72. The largest absolute Gasteiger partial charge is 0.495 e. The van der Waals surface area contributed by atoms with Crippen LogP contribution in [0.4, 0.5) is 0 Å². The lowest BCUT2D eigenvalue weighted by Gasteiger charge is -2.23. The van der Waals surface area contributed by atoms with E-state index in [2.05, 4.69) is 13.0 Å². The number of nitrogens with two attached hydrogens (primary N) is 1. The van der Waals surface area contributed by atoms with Gasteiger partial charge in [0.25, 0.3) is 0 Å². The fraction of sp³-hybridized carbons (Fsp3) is 0.538. The number of aryl methyl sites for hydroxylation is 1. The van der Waals surface area contributed by atoms with Crippen molar-refractivity contribution in [2.45, 2.75) is 38.1 Å². The highest BCUT2D eigenvalue weighted by Gasteiger charge is 2.49. The zero-order valence-corrected chi connectivity index (χ0v) is 10.8. The van der Waals surface area contributed by atoms with Crippen molar-refractivity contribution >= 4 is 11.6 Å². The highest BCUT2D eigenvalue weighted by atomic mass is 35.5. The summed E-state index contributed by atoms with van der Waals surface area (Å²) in [5, 5.41) is 0.715. The molecule has 1 aromatic rings. The van der Waals surface area contributed by atoms with Crippen molar-refractivity contribution in [1.29, 1.82) is 0 Å². The molecule has 1 aliphatic rings. The summed E-state index contributed by atoms with van der Waals surface area (Å²) in [5.41, 5.74) is 8.38. The quantitative estimate of drug-likeness (QED) is 0.880. The Balaban J connectivity index is 2.54. The molecule has 0 aromatic heterocycles. The first-order valence-corrected chi connectivity index (χ1v) is 6.00. The maximum atomic E-state index is 6.27. The lowest BCUT2D eigenvalue weighted by molar-refractivity contribution is 0.398. The number of benzene rings is 1. The minimum atomic E-state index is 0.0860. The van der Waals surface area contributed by atoms with E-state index in [9.17, 15) is 0 Å². The first-order valence-electron chi connectivity index (χ1n) is 5.62. The zero-order valence-electron chi connectivity index (χ0n) is 10.0.